The Hall–Kier alpha value is -1.35. The molecule has 0 radical (unpaired) electrons. The first-order valence-electron chi connectivity index (χ1n) is 6.03. The molecule has 0 aliphatic carbocycles. The fourth-order valence-corrected chi connectivity index (χ4v) is 2.38. The van der Waals surface area contributed by atoms with Crippen molar-refractivity contribution < 1.29 is 4.39 Å². The van der Waals surface area contributed by atoms with Crippen LogP contribution in [0.25, 0.3) is 10.9 Å². The summed E-state index contributed by atoms with van der Waals surface area (Å²) in [6.45, 7) is 3.09. The standard InChI is InChI=1S/C14H19FN2/c1-10-12(5-4-8-16-2)13-9-11(15)6-7-14(13)17(10)3/h6-7,9,16H,4-5,8H2,1-3H3. The van der Waals surface area contributed by atoms with E-state index in [-0.39, 0.29) is 5.82 Å². The Labute approximate surface area is 101 Å². The highest BCUT2D eigenvalue weighted by Gasteiger charge is 2.11. The summed E-state index contributed by atoms with van der Waals surface area (Å²) in [6, 6.07) is 5.04. The van der Waals surface area contributed by atoms with E-state index in [4.69, 9.17) is 0 Å². The van der Waals surface area contributed by atoms with Crippen molar-refractivity contribution >= 4 is 10.9 Å². The maximum atomic E-state index is 13.3. The number of nitrogens with one attached hydrogen (secondary N) is 1. The molecule has 2 rings (SSSR count). The number of hydrogen-bond acceptors (Lipinski definition) is 1. The molecule has 2 aromatic rings. The predicted octanol–water partition coefficient (Wildman–Crippen LogP) is 2.78. The van der Waals surface area contributed by atoms with Crippen LogP contribution < -0.4 is 5.32 Å². The molecule has 1 aromatic carbocycles. The van der Waals surface area contributed by atoms with Crippen LogP contribution in [0.4, 0.5) is 4.39 Å². The predicted molar refractivity (Wildman–Crippen MR) is 69.9 cm³/mol. The van der Waals surface area contributed by atoms with Crippen molar-refractivity contribution in [2.24, 2.45) is 7.05 Å². The Morgan fingerprint density at radius 3 is 2.82 bits per heavy atom. The number of benzene rings is 1. The third-order valence-corrected chi connectivity index (χ3v) is 3.44. The van der Waals surface area contributed by atoms with Gasteiger partial charge in [0.25, 0.3) is 0 Å². The second-order valence-corrected chi connectivity index (χ2v) is 4.49. The molecule has 92 valence electrons. The van der Waals surface area contributed by atoms with Gasteiger partial charge in [-0.2, -0.15) is 0 Å². The van der Waals surface area contributed by atoms with Crippen LogP contribution in [0.3, 0.4) is 0 Å². The summed E-state index contributed by atoms with van der Waals surface area (Å²) in [4.78, 5) is 0. The number of rotatable bonds is 4. The van der Waals surface area contributed by atoms with Crippen LogP contribution in [0.5, 0.6) is 0 Å². The largest absolute Gasteiger partial charge is 0.348 e. The van der Waals surface area contributed by atoms with E-state index >= 15 is 0 Å². The van der Waals surface area contributed by atoms with E-state index < -0.39 is 0 Å². The van der Waals surface area contributed by atoms with Crippen LogP contribution in [0.15, 0.2) is 18.2 Å². The van der Waals surface area contributed by atoms with Crippen LogP contribution >= 0.6 is 0 Å². The lowest BCUT2D eigenvalue weighted by atomic mass is 10.1. The zero-order valence-corrected chi connectivity index (χ0v) is 10.7. The van der Waals surface area contributed by atoms with Gasteiger partial charge < -0.3 is 9.88 Å². The zero-order chi connectivity index (χ0) is 12.4. The number of hydrogen-bond donors (Lipinski definition) is 1. The van der Waals surface area contributed by atoms with Crippen LogP contribution in [0.2, 0.25) is 0 Å². The van der Waals surface area contributed by atoms with Gasteiger partial charge in [-0.1, -0.05) is 0 Å². The lowest BCUT2D eigenvalue weighted by Gasteiger charge is -2.02. The van der Waals surface area contributed by atoms with E-state index in [0.717, 1.165) is 30.3 Å². The summed E-state index contributed by atoms with van der Waals surface area (Å²) >= 11 is 0. The molecular formula is C14H19FN2. The molecular weight excluding hydrogens is 215 g/mol. The number of nitrogens with zero attached hydrogens (tertiary/aromatic N) is 1. The Morgan fingerprint density at radius 1 is 1.35 bits per heavy atom. The second-order valence-electron chi connectivity index (χ2n) is 4.49. The summed E-state index contributed by atoms with van der Waals surface area (Å²) in [5.74, 6) is -0.155. The first-order valence-corrected chi connectivity index (χ1v) is 6.03. The monoisotopic (exact) mass is 234 g/mol. The second kappa shape index (κ2) is 4.88. The summed E-state index contributed by atoms with van der Waals surface area (Å²) in [5, 5.41) is 4.20. The molecule has 0 atom stereocenters. The molecule has 1 heterocycles. The number of aromatic nitrogens is 1. The highest BCUT2D eigenvalue weighted by Crippen LogP contribution is 2.26. The molecule has 0 amide bonds. The minimum absolute atomic E-state index is 0.155. The molecule has 0 aliphatic rings. The van der Waals surface area contributed by atoms with Gasteiger partial charge in [-0.15, -0.1) is 0 Å². The van der Waals surface area contributed by atoms with Gasteiger partial charge in [-0.3, -0.25) is 0 Å². The average Bonchev–Trinajstić information content (AvgIpc) is 2.54. The van der Waals surface area contributed by atoms with Crippen molar-refractivity contribution in [3.8, 4) is 0 Å². The van der Waals surface area contributed by atoms with Gasteiger partial charge in [0, 0.05) is 23.6 Å². The summed E-state index contributed by atoms with van der Waals surface area (Å²) < 4.78 is 15.5. The Kier molecular flexibility index (Phi) is 3.48. The van der Waals surface area contributed by atoms with Crippen molar-refractivity contribution in [2.75, 3.05) is 13.6 Å². The number of halogens is 1. The highest BCUT2D eigenvalue weighted by atomic mass is 19.1. The first-order chi connectivity index (χ1) is 8.15. The zero-order valence-electron chi connectivity index (χ0n) is 10.7. The molecule has 2 nitrogen and oxygen atoms in total. The van der Waals surface area contributed by atoms with Crippen molar-refractivity contribution in [3.05, 3.63) is 35.3 Å². The molecule has 3 heteroatoms. The molecule has 17 heavy (non-hydrogen) atoms. The van der Waals surface area contributed by atoms with E-state index in [9.17, 15) is 4.39 Å². The van der Waals surface area contributed by atoms with Crippen LogP contribution in [-0.2, 0) is 13.5 Å². The summed E-state index contributed by atoms with van der Waals surface area (Å²) in [7, 11) is 3.99. The third-order valence-electron chi connectivity index (χ3n) is 3.44. The molecule has 1 aromatic heterocycles. The molecule has 0 aliphatic heterocycles. The van der Waals surface area contributed by atoms with E-state index in [2.05, 4.69) is 16.8 Å². The molecule has 1 N–H and O–H groups in total. The van der Waals surface area contributed by atoms with Gasteiger partial charge in [0.2, 0.25) is 0 Å². The Bertz CT molecular complexity index is 528. The topological polar surface area (TPSA) is 17.0 Å². The molecule has 0 saturated heterocycles. The Morgan fingerprint density at radius 2 is 2.12 bits per heavy atom. The van der Waals surface area contributed by atoms with Gasteiger partial charge in [-0.25, -0.2) is 4.39 Å². The number of aryl methyl sites for hydroxylation is 2. The quantitative estimate of drug-likeness (QED) is 0.805. The van der Waals surface area contributed by atoms with E-state index in [1.807, 2.05) is 20.2 Å². The van der Waals surface area contributed by atoms with Crippen LogP contribution in [0.1, 0.15) is 17.7 Å². The molecule has 0 spiro atoms. The molecule has 0 unspecified atom stereocenters. The van der Waals surface area contributed by atoms with Gasteiger partial charge in [0.15, 0.2) is 0 Å². The highest BCUT2D eigenvalue weighted by molar-refractivity contribution is 5.85. The van der Waals surface area contributed by atoms with Crippen molar-refractivity contribution in [2.45, 2.75) is 19.8 Å². The fraction of sp³-hybridized carbons (Fsp3) is 0.429. The van der Waals surface area contributed by atoms with Crippen LogP contribution in [-0.4, -0.2) is 18.2 Å². The minimum atomic E-state index is -0.155. The maximum Gasteiger partial charge on any atom is 0.123 e. The fourth-order valence-electron chi connectivity index (χ4n) is 2.38. The average molecular weight is 234 g/mol. The molecule has 0 fully saturated rings. The summed E-state index contributed by atoms with van der Waals surface area (Å²) in [5.41, 5.74) is 3.63. The molecule has 0 saturated carbocycles. The first kappa shape index (κ1) is 12.1. The van der Waals surface area contributed by atoms with Crippen molar-refractivity contribution in [1.82, 2.24) is 9.88 Å². The minimum Gasteiger partial charge on any atom is -0.348 e. The SMILES string of the molecule is CNCCCc1c(C)n(C)c2ccc(F)cc12. The lowest BCUT2D eigenvalue weighted by Crippen LogP contribution is -2.08. The Balaban J connectivity index is 2.45. The van der Waals surface area contributed by atoms with Crippen LogP contribution in [0, 0.1) is 12.7 Å². The van der Waals surface area contributed by atoms with E-state index in [0.29, 0.717) is 0 Å². The maximum absolute atomic E-state index is 13.3. The van der Waals surface area contributed by atoms with E-state index in [1.54, 1.807) is 6.07 Å². The van der Waals surface area contributed by atoms with Crippen molar-refractivity contribution in [1.29, 1.82) is 0 Å². The summed E-state index contributed by atoms with van der Waals surface area (Å²) in [6.07, 6.45) is 2.07. The normalized spacial score (nSPS) is 11.3. The van der Waals surface area contributed by atoms with Gasteiger partial charge in [-0.05, 0) is 57.1 Å². The number of fused-ring (bicyclic) bond motifs is 1. The van der Waals surface area contributed by atoms with Gasteiger partial charge in [0.1, 0.15) is 5.82 Å². The third kappa shape index (κ3) is 2.20. The van der Waals surface area contributed by atoms with Gasteiger partial charge >= 0.3 is 0 Å². The lowest BCUT2D eigenvalue weighted by molar-refractivity contribution is 0.629. The molecule has 0 bridgehead atoms. The van der Waals surface area contributed by atoms with E-state index in [1.165, 1.54) is 17.3 Å². The van der Waals surface area contributed by atoms with Crippen molar-refractivity contribution in [3.63, 3.8) is 0 Å². The smallest absolute Gasteiger partial charge is 0.123 e. The van der Waals surface area contributed by atoms with Gasteiger partial charge in [0.05, 0.1) is 0 Å².